The number of nitrogens with zero attached hydrogens (tertiary/aromatic N) is 2. The molecule has 0 saturated carbocycles. The first-order valence-electron chi connectivity index (χ1n) is 4.77. The van der Waals surface area contributed by atoms with Crippen molar-refractivity contribution in [1.82, 2.24) is 4.98 Å². The second-order valence-corrected chi connectivity index (χ2v) is 4.94. The molecule has 0 amide bonds. The Morgan fingerprint density at radius 2 is 2.12 bits per heavy atom. The Balaban J connectivity index is 2.31. The number of pyridine rings is 1. The second-order valence-electron chi connectivity index (χ2n) is 3.29. The maximum atomic E-state index is 8.76. The van der Waals surface area contributed by atoms with Gasteiger partial charge in [0.2, 0.25) is 0 Å². The van der Waals surface area contributed by atoms with Crippen LogP contribution in [0.2, 0.25) is 5.02 Å². The molecule has 5 heteroatoms. The minimum absolute atomic E-state index is 0.372. The summed E-state index contributed by atoms with van der Waals surface area (Å²) in [7, 11) is 0. The molecule has 0 aliphatic heterocycles. The number of hydrogen-bond acceptors (Lipinski definition) is 3. The van der Waals surface area contributed by atoms with E-state index in [1.54, 1.807) is 18.3 Å². The van der Waals surface area contributed by atoms with Crippen molar-refractivity contribution >= 4 is 45.6 Å². The molecular weight excluding hydrogens is 349 g/mol. The number of nitrogens with one attached hydrogen (secondary N) is 1. The molecule has 0 saturated heterocycles. The molecule has 2 rings (SSSR count). The average molecular weight is 356 g/mol. The van der Waals surface area contributed by atoms with Gasteiger partial charge in [-0.05, 0) is 52.9 Å². The van der Waals surface area contributed by atoms with Crippen LogP contribution in [0.15, 0.2) is 36.5 Å². The van der Waals surface area contributed by atoms with E-state index in [2.05, 4.69) is 32.9 Å². The normalized spacial score (nSPS) is 9.71. The highest BCUT2D eigenvalue weighted by Crippen LogP contribution is 2.27. The Labute approximate surface area is 118 Å². The number of rotatable bonds is 2. The SMILES string of the molecule is N#Cc1cc(Nc2cc(I)ccc2Cl)ccn1. The van der Waals surface area contributed by atoms with Gasteiger partial charge in [0.1, 0.15) is 11.8 Å². The largest absolute Gasteiger partial charge is 0.354 e. The zero-order chi connectivity index (χ0) is 12.3. The second kappa shape index (κ2) is 5.34. The number of anilines is 2. The van der Waals surface area contributed by atoms with E-state index in [4.69, 9.17) is 16.9 Å². The molecule has 84 valence electrons. The predicted octanol–water partition coefficient (Wildman–Crippen LogP) is 3.95. The fourth-order valence-electron chi connectivity index (χ4n) is 1.32. The van der Waals surface area contributed by atoms with Crippen LogP contribution >= 0.6 is 34.2 Å². The summed E-state index contributed by atoms with van der Waals surface area (Å²) in [4.78, 5) is 3.90. The van der Waals surface area contributed by atoms with Gasteiger partial charge in [0.25, 0.3) is 0 Å². The summed E-state index contributed by atoms with van der Waals surface area (Å²) in [5.74, 6) is 0. The summed E-state index contributed by atoms with van der Waals surface area (Å²) in [6.45, 7) is 0. The summed E-state index contributed by atoms with van der Waals surface area (Å²) >= 11 is 8.29. The Morgan fingerprint density at radius 1 is 1.29 bits per heavy atom. The standard InChI is InChI=1S/C12H7ClIN3/c13-11-2-1-8(14)5-12(11)17-9-3-4-16-10(6-9)7-15/h1-6H,(H,16,17). The predicted molar refractivity (Wildman–Crippen MR) is 76.4 cm³/mol. The van der Waals surface area contributed by atoms with E-state index in [9.17, 15) is 0 Å². The van der Waals surface area contributed by atoms with Crippen molar-refractivity contribution in [3.8, 4) is 6.07 Å². The van der Waals surface area contributed by atoms with E-state index in [-0.39, 0.29) is 0 Å². The summed E-state index contributed by atoms with van der Waals surface area (Å²) in [6.07, 6.45) is 1.59. The van der Waals surface area contributed by atoms with E-state index in [0.717, 1.165) is 14.9 Å². The van der Waals surface area contributed by atoms with Crippen molar-refractivity contribution in [2.45, 2.75) is 0 Å². The minimum Gasteiger partial charge on any atom is -0.354 e. The van der Waals surface area contributed by atoms with Crippen LogP contribution < -0.4 is 5.32 Å². The first-order chi connectivity index (χ1) is 8.19. The third-order valence-electron chi connectivity index (χ3n) is 2.08. The molecule has 0 fully saturated rings. The molecule has 0 atom stereocenters. The maximum absolute atomic E-state index is 8.76. The molecule has 0 spiro atoms. The third-order valence-corrected chi connectivity index (χ3v) is 3.08. The van der Waals surface area contributed by atoms with Crippen molar-refractivity contribution < 1.29 is 0 Å². The van der Waals surface area contributed by atoms with Crippen LogP contribution in [0.5, 0.6) is 0 Å². The fourth-order valence-corrected chi connectivity index (χ4v) is 1.97. The van der Waals surface area contributed by atoms with Gasteiger partial charge in [0.15, 0.2) is 0 Å². The number of halogens is 2. The van der Waals surface area contributed by atoms with Crippen molar-refractivity contribution in [3.05, 3.63) is 50.8 Å². The van der Waals surface area contributed by atoms with Crippen LogP contribution in [0, 0.1) is 14.9 Å². The van der Waals surface area contributed by atoms with Crippen LogP contribution in [0.4, 0.5) is 11.4 Å². The molecule has 17 heavy (non-hydrogen) atoms. The zero-order valence-corrected chi connectivity index (χ0v) is 11.5. The van der Waals surface area contributed by atoms with Gasteiger partial charge >= 0.3 is 0 Å². The highest BCUT2D eigenvalue weighted by Gasteiger charge is 2.02. The molecule has 1 aromatic heterocycles. The van der Waals surface area contributed by atoms with Crippen LogP contribution in [0.25, 0.3) is 0 Å². The lowest BCUT2D eigenvalue weighted by molar-refractivity contribution is 1.26. The summed E-state index contributed by atoms with van der Waals surface area (Å²) < 4.78 is 1.09. The number of benzene rings is 1. The Hall–Kier alpha value is -1.32. The van der Waals surface area contributed by atoms with Crippen molar-refractivity contribution in [1.29, 1.82) is 5.26 Å². The lowest BCUT2D eigenvalue weighted by Gasteiger charge is -2.08. The van der Waals surface area contributed by atoms with Gasteiger partial charge in [0, 0.05) is 15.5 Å². The Morgan fingerprint density at radius 3 is 2.88 bits per heavy atom. The number of hydrogen-bond donors (Lipinski definition) is 1. The summed E-state index contributed by atoms with van der Waals surface area (Å²) in [5, 5.41) is 12.6. The molecule has 1 heterocycles. The highest BCUT2D eigenvalue weighted by atomic mass is 127. The fraction of sp³-hybridized carbons (Fsp3) is 0. The Bertz CT molecular complexity index is 593. The van der Waals surface area contributed by atoms with Crippen molar-refractivity contribution in [3.63, 3.8) is 0 Å². The van der Waals surface area contributed by atoms with E-state index in [1.165, 1.54) is 0 Å². The quantitative estimate of drug-likeness (QED) is 0.830. The van der Waals surface area contributed by atoms with Gasteiger partial charge < -0.3 is 5.32 Å². The van der Waals surface area contributed by atoms with Gasteiger partial charge in [-0.2, -0.15) is 5.26 Å². The molecule has 0 radical (unpaired) electrons. The van der Waals surface area contributed by atoms with Crippen LogP contribution in [-0.4, -0.2) is 4.98 Å². The smallest absolute Gasteiger partial charge is 0.142 e. The van der Waals surface area contributed by atoms with Crippen molar-refractivity contribution in [2.24, 2.45) is 0 Å². The van der Waals surface area contributed by atoms with E-state index < -0.39 is 0 Å². The summed E-state index contributed by atoms with van der Waals surface area (Å²) in [5.41, 5.74) is 1.98. The monoisotopic (exact) mass is 355 g/mol. The molecule has 0 aliphatic carbocycles. The lowest BCUT2D eigenvalue weighted by Crippen LogP contribution is -1.93. The average Bonchev–Trinajstić information content (AvgIpc) is 2.34. The lowest BCUT2D eigenvalue weighted by atomic mass is 10.3. The molecule has 1 aromatic carbocycles. The van der Waals surface area contributed by atoms with E-state index >= 15 is 0 Å². The third kappa shape index (κ3) is 3.08. The van der Waals surface area contributed by atoms with E-state index in [1.807, 2.05) is 24.3 Å². The van der Waals surface area contributed by atoms with Gasteiger partial charge in [-0.1, -0.05) is 11.6 Å². The van der Waals surface area contributed by atoms with Crippen LogP contribution in [0.3, 0.4) is 0 Å². The summed E-state index contributed by atoms with van der Waals surface area (Å²) in [6, 6.07) is 11.2. The molecule has 0 unspecified atom stereocenters. The molecule has 3 nitrogen and oxygen atoms in total. The van der Waals surface area contributed by atoms with Crippen LogP contribution in [0.1, 0.15) is 5.69 Å². The molecular formula is C12H7ClIN3. The van der Waals surface area contributed by atoms with Crippen molar-refractivity contribution in [2.75, 3.05) is 5.32 Å². The molecule has 2 aromatic rings. The van der Waals surface area contributed by atoms with E-state index in [0.29, 0.717) is 10.7 Å². The number of aromatic nitrogens is 1. The molecule has 1 N–H and O–H groups in total. The van der Waals surface area contributed by atoms with Gasteiger partial charge in [0.05, 0.1) is 10.7 Å². The molecule has 0 bridgehead atoms. The van der Waals surface area contributed by atoms with Gasteiger partial charge in [-0.3, -0.25) is 0 Å². The zero-order valence-electron chi connectivity index (χ0n) is 8.61. The molecule has 0 aliphatic rings. The van der Waals surface area contributed by atoms with Gasteiger partial charge in [-0.25, -0.2) is 4.98 Å². The maximum Gasteiger partial charge on any atom is 0.142 e. The highest BCUT2D eigenvalue weighted by molar-refractivity contribution is 14.1. The topological polar surface area (TPSA) is 48.7 Å². The minimum atomic E-state index is 0.372. The first-order valence-corrected chi connectivity index (χ1v) is 6.23. The first kappa shape index (κ1) is 12.1. The Kier molecular flexibility index (Phi) is 3.82. The van der Waals surface area contributed by atoms with Crippen LogP contribution in [-0.2, 0) is 0 Å². The number of nitriles is 1. The van der Waals surface area contributed by atoms with Gasteiger partial charge in [-0.15, -0.1) is 0 Å².